The molecule has 2 aromatic heterocycles. The molecule has 0 bridgehead atoms. The molecule has 0 aliphatic rings. The molecule has 6 heteroatoms. The summed E-state index contributed by atoms with van der Waals surface area (Å²) in [5.41, 5.74) is 1.07. The minimum absolute atomic E-state index is 0.709. The van der Waals surface area contributed by atoms with Crippen molar-refractivity contribution in [3.63, 3.8) is 0 Å². The fourth-order valence-corrected chi connectivity index (χ4v) is 3.51. The highest BCUT2D eigenvalue weighted by Crippen LogP contribution is 2.16. The molecule has 0 fully saturated rings. The van der Waals surface area contributed by atoms with Gasteiger partial charge >= 0.3 is 0 Å². The van der Waals surface area contributed by atoms with Crippen molar-refractivity contribution in [3.8, 4) is 0 Å². The fraction of sp³-hybridized carbons (Fsp3) is 0.467. The van der Waals surface area contributed by atoms with Crippen molar-refractivity contribution >= 4 is 28.6 Å². The molecule has 0 amide bonds. The number of thiazole rings is 1. The number of hydrogen-bond donors (Lipinski definition) is 2. The summed E-state index contributed by atoms with van der Waals surface area (Å²) in [6.45, 7) is 5.83. The van der Waals surface area contributed by atoms with Crippen LogP contribution in [0.4, 0.5) is 0 Å². The molecule has 0 aromatic carbocycles. The minimum atomic E-state index is 0.709. The molecule has 2 N–H and O–H groups in total. The van der Waals surface area contributed by atoms with Crippen LogP contribution in [0.5, 0.6) is 0 Å². The zero-order chi connectivity index (χ0) is 15.1. The smallest absolute Gasteiger partial charge is 0.191 e. The largest absolute Gasteiger partial charge is 0.352 e. The number of hydrogen-bond acceptors (Lipinski definition) is 4. The second-order valence-corrected chi connectivity index (χ2v) is 6.78. The predicted molar refractivity (Wildman–Crippen MR) is 92.2 cm³/mol. The number of aliphatic imine (C=N–C) groups is 1. The molecule has 0 unspecified atom stereocenters. The quantitative estimate of drug-likeness (QED) is 0.634. The molecule has 0 radical (unpaired) electrons. The lowest BCUT2D eigenvalue weighted by Gasteiger charge is -2.10. The zero-order valence-corrected chi connectivity index (χ0v) is 14.4. The normalized spacial score (nSPS) is 11.7. The van der Waals surface area contributed by atoms with Crippen molar-refractivity contribution in [2.45, 2.75) is 39.8 Å². The maximum Gasteiger partial charge on any atom is 0.191 e. The van der Waals surface area contributed by atoms with E-state index in [4.69, 9.17) is 0 Å². The van der Waals surface area contributed by atoms with Gasteiger partial charge in [-0.3, -0.25) is 4.99 Å². The minimum Gasteiger partial charge on any atom is -0.352 e. The highest BCUT2D eigenvalue weighted by Gasteiger charge is 2.03. The van der Waals surface area contributed by atoms with E-state index >= 15 is 0 Å². The summed E-state index contributed by atoms with van der Waals surface area (Å²) in [6, 6.07) is 4.37. The summed E-state index contributed by atoms with van der Waals surface area (Å²) < 4.78 is 0. The highest BCUT2D eigenvalue weighted by molar-refractivity contribution is 7.12. The van der Waals surface area contributed by atoms with E-state index in [1.54, 1.807) is 18.4 Å². The first-order valence-electron chi connectivity index (χ1n) is 7.20. The van der Waals surface area contributed by atoms with E-state index in [1.165, 1.54) is 14.8 Å². The summed E-state index contributed by atoms with van der Waals surface area (Å²) in [5.74, 6) is 0.812. The number of thiophene rings is 1. The van der Waals surface area contributed by atoms with Gasteiger partial charge in [-0.15, -0.1) is 22.7 Å². The van der Waals surface area contributed by atoms with Crippen molar-refractivity contribution in [2.75, 3.05) is 7.05 Å². The Kier molecular flexibility index (Phi) is 6.20. The standard InChI is InChI=1S/C15H22N4S2/c1-4-12-6-7-13(21-12)9-18-15(16-3)17-8-11-10-20-14(5-2)19-11/h6-7,10H,4-5,8-9H2,1-3H3,(H2,16,17,18). The maximum atomic E-state index is 4.54. The van der Waals surface area contributed by atoms with E-state index in [1.807, 2.05) is 11.3 Å². The Morgan fingerprint density at radius 1 is 1.14 bits per heavy atom. The monoisotopic (exact) mass is 322 g/mol. The van der Waals surface area contributed by atoms with Crippen LogP contribution in [-0.4, -0.2) is 18.0 Å². The van der Waals surface area contributed by atoms with Crippen LogP contribution in [0.3, 0.4) is 0 Å². The van der Waals surface area contributed by atoms with Crippen LogP contribution < -0.4 is 10.6 Å². The summed E-state index contributed by atoms with van der Waals surface area (Å²) in [6.07, 6.45) is 2.09. The number of guanidine groups is 1. The van der Waals surface area contributed by atoms with Gasteiger partial charge in [0.15, 0.2) is 5.96 Å². The van der Waals surface area contributed by atoms with Crippen LogP contribution in [0.2, 0.25) is 0 Å². The van der Waals surface area contributed by atoms with Crippen LogP contribution >= 0.6 is 22.7 Å². The molecule has 0 aliphatic carbocycles. The second kappa shape index (κ2) is 8.14. The van der Waals surface area contributed by atoms with Crippen molar-refractivity contribution in [1.29, 1.82) is 0 Å². The summed E-state index contributed by atoms with van der Waals surface area (Å²) >= 11 is 3.56. The van der Waals surface area contributed by atoms with Gasteiger partial charge in [0.1, 0.15) is 0 Å². The van der Waals surface area contributed by atoms with E-state index in [0.29, 0.717) is 6.54 Å². The lowest BCUT2D eigenvalue weighted by molar-refractivity contribution is 0.800. The van der Waals surface area contributed by atoms with E-state index in [9.17, 15) is 0 Å². The third-order valence-electron chi connectivity index (χ3n) is 3.06. The average molecular weight is 323 g/mol. The average Bonchev–Trinajstić information content (AvgIpc) is 3.16. The van der Waals surface area contributed by atoms with Gasteiger partial charge in [-0.1, -0.05) is 13.8 Å². The molecular formula is C15H22N4S2. The predicted octanol–water partition coefficient (Wildman–Crippen LogP) is 3.19. The van der Waals surface area contributed by atoms with E-state index < -0.39 is 0 Å². The molecule has 0 aliphatic heterocycles. The number of nitrogens with one attached hydrogen (secondary N) is 2. The molecule has 21 heavy (non-hydrogen) atoms. The molecular weight excluding hydrogens is 300 g/mol. The van der Waals surface area contributed by atoms with Gasteiger partial charge in [-0.25, -0.2) is 4.98 Å². The fourth-order valence-electron chi connectivity index (χ4n) is 1.87. The maximum absolute atomic E-state index is 4.54. The summed E-state index contributed by atoms with van der Waals surface area (Å²) in [4.78, 5) is 11.5. The van der Waals surface area contributed by atoms with Gasteiger partial charge in [-0.2, -0.15) is 0 Å². The van der Waals surface area contributed by atoms with Crippen molar-refractivity contribution in [1.82, 2.24) is 15.6 Å². The van der Waals surface area contributed by atoms with Gasteiger partial charge in [0, 0.05) is 22.2 Å². The first-order valence-corrected chi connectivity index (χ1v) is 8.90. The molecule has 114 valence electrons. The van der Waals surface area contributed by atoms with Gasteiger partial charge in [-0.05, 0) is 25.0 Å². The third-order valence-corrected chi connectivity index (χ3v) is 5.33. The van der Waals surface area contributed by atoms with Gasteiger partial charge < -0.3 is 10.6 Å². The number of aryl methyl sites for hydroxylation is 2. The van der Waals surface area contributed by atoms with E-state index in [0.717, 1.165) is 31.0 Å². The molecule has 0 atom stereocenters. The van der Waals surface area contributed by atoms with E-state index in [-0.39, 0.29) is 0 Å². The SMILES string of the molecule is CCc1ccc(CNC(=NC)NCc2csc(CC)n2)s1. The lowest BCUT2D eigenvalue weighted by Crippen LogP contribution is -2.36. The Morgan fingerprint density at radius 2 is 1.90 bits per heavy atom. The molecule has 2 heterocycles. The highest BCUT2D eigenvalue weighted by atomic mass is 32.1. The Hall–Kier alpha value is -1.40. The van der Waals surface area contributed by atoms with Crippen molar-refractivity contribution in [2.24, 2.45) is 4.99 Å². The van der Waals surface area contributed by atoms with Crippen molar-refractivity contribution < 1.29 is 0 Å². The number of aromatic nitrogens is 1. The first kappa shape index (κ1) is 16.0. The molecule has 0 saturated heterocycles. The van der Waals surface area contributed by atoms with Crippen LogP contribution in [0.15, 0.2) is 22.5 Å². The Bertz CT molecular complexity index is 538. The van der Waals surface area contributed by atoms with Crippen LogP contribution in [0, 0.1) is 0 Å². The zero-order valence-electron chi connectivity index (χ0n) is 12.8. The Balaban J connectivity index is 1.80. The summed E-state index contributed by atoms with van der Waals surface area (Å²) in [5, 5.41) is 9.92. The number of nitrogens with zero attached hydrogens (tertiary/aromatic N) is 2. The van der Waals surface area contributed by atoms with Gasteiger partial charge in [0.2, 0.25) is 0 Å². The third kappa shape index (κ3) is 4.82. The second-order valence-electron chi connectivity index (χ2n) is 4.59. The van der Waals surface area contributed by atoms with Crippen LogP contribution in [0.1, 0.15) is 34.3 Å². The van der Waals surface area contributed by atoms with Crippen molar-refractivity contribution in [3.05, 3.63) is 38.0 Å². The molecule has 4 nitrogen and oxygen atoms in total. The molecule has 2 aromatic rings. The molecule has 0 spiro atoms. The summed E-state index contributed by atoms with van der Waals surface area (Å²) in [7, 11) is 1.79. The van der Waals surface area contributed by atoms with Crippen LogP contribution in [0.25, 0.3) is 0 Å². The molecule has 2 rings (SSSR count). The van der Waals surface area contributed by atoms with E-state index in [2.05, 4.69) is 52.0 Å². The Morgan fingerprint density at radius 3 is 2.52 bits per heavy atom. The van der Waals surface area contributed by atoms with Gasteiger partial charge in [0.25, 0.3) is 0 Å². The first-order chi connectivity index (χ1) is 10.2. The lowest BCUT2D eigenvalue weighted by atomic mass is 10.3. The topological polar surface area (TPSA) is 49.3 Å². The molecule has 0 saturated carbocycles. The van der Waals surface area contributed by atoms with Gasteiger partial charge in [0.05, 0.1) is 23.8 Å². The Labute approximate surface area is 134 Å². The van der Waals surface area contributed by atoms with Crippen LogP contribution in [-0.2, 0) is 25.9 Å². The number of rotatable bonds is 6.